The second-order valence-electron chi connectivity index (χ2n) is 5.35. The van der Waals surface area contributed by atoms with Gasteiger partial charge in [0, 0.05) is 5.69 Å². The number of benzene rings is 2. The van der Waals surface area contributed by atoms with Crippen LogP contribution < -0.4 is 0 Å². The van der Waals surface area contributed by atoms with Crippen molar-refractivity contribution in [1.29, 1.82) is 5.26 Å². The SMILES string of the molecule is Cc1ccc(-n2c(S[C@H](C)C#N)nnc2-c2ccccc2F)cc1. The molecule has 120 valence electrons. The van der Waals surface area contributed by atoms with Crippen LogP contribution in [0.1, 0.15) is 12.5 Å². The van der Waals surface area contributed by atoms with E-state index in [0.717, 1.165) is 11.3 Å². The van der Waals surface area contributed by atoms with Crippen molar-refractivity contribution < 1.29 is 4.39 Å². The van der Waals surface area contributed by atoms with Crippen molar-refractivity contribution in [3.63, 3.8) is 0 Å². The molecule has 0 amide bonds. The van der Waals surface area contributed by atoms with Gasteiger partial charge in [0.1, 0.15) is 5.82 Å². The highest BCUT2D eigenvalue weighted by Crippen LogP contribution is 2.31. The summed E-state index contributed by atoms with van der Waals surface area (Å²) < 4.78 is 16.0. The Balaban J connectivity index is 2.18. The maximum atomic E-state index is 14.2. The molecule has 1 aromatic heterocycles. The minimum atomic E-state index is -0.358. The van der Waals surface area contributed by atoms with Crippen molar-refractivity contribution in [1.82, 2.24) is 14.8 Å². The lowest BCUT2D eigenvalue weighted by atomic mass is 10.2. The van der Waals surface area contributed by atoms with Gasteiger partial charge in [-0.3, -0.25) is 4.57 Å². The zero-order valence-corrected chi connectivity index (χ0v) is 14.1. The van der Waals surface area contributed by atoms with Crippen molar-refractivity contribution in [3.05, 3.63) is 59.9 Å². The van der Waals surface area contributed by atoms with E-state index in [0.29, 0.717) is 16.5 Å². The van der Waals surface area contributed by atoms with Crippen LogP contribution >= 0.6 is 11.8 Å². The number of hydrogen-bond acceptors (Lipinski definition) is 4. The van der Waals surface area contributed by atoms with Gasteiger partial charge in [0.25, 0.3) is 0 Å². The highest BCUT2D eigenvalue weighted by atomic mass is 32.2. The first kappa shape index (κ1) is 16.2. The van der Waals surface area contributed by atoms with Crippen molar-refractivity contribution in [2.24, 2.45) is 0 Å². The van der Waals surface area contributed by atoms with E-state index in [9.17, 15) is 4.39 Å². The molecular formula is C18H15FN4S. The van der Waals surface area contributed by atoms with Crippen LogP contribution in [0.4, 0.5) is 4.39 Å². The van der Waals surface area contributed by atoms with Crippen molar-refractivity contribution in [2.75, 3.05) is 0 Å². The van der Waals surface area contributed by atoms with Crippen LogP contribution in [0.3, 0.4) is 0 Å². The number of aromatic nitrogens is 3. The topological polar surface area (TPSA) is 54.5 Å². The molecule has 1 heterocycles. The number of aryl methyl sites for hydroxylation is 1. The average Bonchev–Trinajstić information content (AvgIpc) is 2.99. The van der Waals surface area contributed by atoms with E-state index in [1.165, 1.54) is 17.8 Å². The zero-order chi connectivity index (χ0) is 17.1. The molecule has 3 aromatic rings. The van der Waals surface area contributed by atoms with Crippen LogP contribution in [0.5, 0.6) is 0 Å². The Labute approximate surface area is 144 Å². The molecule has 24 heavy (non-hydrogen) atoms. The van der Waals surface area contributed by atoms with Gasteiger partial charge in [-0.25, -0.2) is 4.39 Å². The smallest absolute Gasteiger partial charge is 0.197 e. The Morgan fingerprint density at radius 1 is 1.12 bits per heavy atom. The molecule has 0 bridgehead atoms. The van der Waals surface area contributed by atoms with Gasteiger partial charge in [-0.1, -0.05) is 41.6 Å². The molecule has 6 heteroatoms. The van der Waals surface area contributed by atoms with E-state index in [1.807, 2.05) is 31.2 Å². The molecule has 0 fully saturated rings. The first-order valence-corrected chi connectivity index (χ1v) is 8.31. The summed E-state index contributed by atoms with van der Waals surface area (Å²) in [4.78, 5) is 0. The number of thioether (sulfide) groups is 1. The molecule has 0 N–H and O–H groups in total. The molecule has 2 aromatic carbocycles. The van der Waals surface area contributed by atoms with Gasteiger partial charge in [0.05, 0.1) is 16.9 Å². The Bertz CT molecular complexity index is 896. The highest BCUT2D eigenvalue weighted by molar-refractivity contribution is 8.00. The summed E-state index contributed by atoms with van der Waals surface area (Å²) in [6, 6.07) is 16.5. The number of rotatable bonds is 4. The van der Waals surface area contributed by atoms with E-state index >= 15 is 0 Å². The fraction of sp³-hybridized carbons (Fsp3) is 0.167. The predicted molar refractivity (Wildman–Crippen MR) is 92.4 cm³/mol. The molecule has 0 unspecified atom stereocenters. The summed E-state index contributed by atoms with van der Waals surface area (Å²) in [6.45, 7) is 3.79. The Morgan fingerprint density at radius 3 is 2.50 bits per heavy atom. The van der Waals surface area contributed by atoms with Gasteiger partial charge in [-0.15, -0.1) is 10.2 Å². The van der Waals surface area contributed by atoms with Crippen molar-refractivity contribution in [3.8, 4) is 23.1 Å². The second kappa shape index (κ2) is 6.85. The van der Waals surface area contributed by atoms with E-state index in [4.69, 9.17) is 5.26 Å². The molecule has 1 atom stereocenters. The van der Waals surface area contributed by atoms with Crippen molar-refractivity contribution in [2.45, 2.75) is 24.3 Å². The first-order chi connectivity index (χ1) is 11.6. The predicted octanol–water partition coefficient (Wildman–Crippen LogP) is 4.39. The third-order valence-electron chi connectivity index (χ3n) is 3.50. The standard InChI is InChI=1S/C18H15FN4S/c1-12-7-9-14(10-8-12)23-17(15-5-3-4-6-16(15)19)21-22-18(23)24-13(2)11-20/h3-10,13H,1-2H3/t13-/m1/s1. The molecule has 0 saturated heterocycles. The molecule has 0 aliphatic carbocycles. The Hall–Kier alpha value is -2.65. The zero-order valence-electron chi connectivity index (χ0n) is 13.3. The summed E-state index contributed by atoms with van der Waals surface area (Å²) in [5, 5.41) is 17.7. The lowest BCUT2D eigenvalue weighted by Crippen LogP contribution is -2.02. The molecule has 0 aliphatic rings. The molecule has 0 saturated carbocycles. The number of halogens is 1. The van der Waals surface area contributed by atoms with Crippen LogP contribution in [0.25, 0.3) is 17.1 Å². The number of hydrogen-bond donors (Lipinski definition) is 0. The van der Waals surface area contributed by atoms with Gasteiger partial charge in [0.15, 0.2) is 11.0 Å². The summed E-state index contributed by atoms with van der Waals surface area (Å²) in [5.74, 6) is 0.0627. The summed E-state index contributed by atoms with van der Waals surface area (Å²) in [5.41, 5.74) is 2.33. The Morgan fingerprint density at radius 2 is 1.83 bits per heavy atom. The summed E-state index contributed by atoms with van der Waals surface area (Å²) in [6.07, 6.45) is 0. The Kier molecular flexibility index (Phi) is 4.63. The minimum Gasteiger partial charge on any atom is -0.270 e. The van der Waals surface area contributed by atoms with Gasteiger partial charge >= 0.3 is 0 Å². The van der Waals surface area contributed by atoms with Gasteiger partial charge < -0.3 is 0 Å². The van der Waals surface area contributed by atoms with E-state index in [2.05, 4.69) is 16.3 Å². The average molecular weight is 338 g/mol. The maximum Gasteiger partial charge on any atom is 0.197 e. The lowest BCUT2D eigenvalue weighted by Gasteiger charge is -2.11. The number of nitriles is 1. The monoisotopic (exact) mass is 338 g/mol. The summed E-state index contributed by atoms with van der Waals surface area (Å²) in [7, 11) is 0. The van der Waals surface area contributed by atoms with Gasteiger partial charge in [0.2, 0.25) is 0 Å². The van der Waals surface area contributed by atoms with Gasteiger partial charge in [-0.2, -0.15) is 5.26 Å². The van der Waals surface area contributed by atoms with E-state index in [1.54, 1.807) is 29.7 Å². The first-order valence-electron chi connectivity index (χ1n) is 7.44. The largest absolute Gasteiger partial charge is 0.270 e. The third-order valence-corrected chi connectivity index (χ3v) is 4.44. The van der Waals surface area contributed by atoms with E-state index < -0.39 is 0 Å². The molecule has 0 radical (unpaired) electrons. The fourth-order valence-corrected chi connectivity index (χ4v) is 3.03. The molecule has 0 spiro atoms. The van der Waals surface area contributed by atoms with Crippen LogP contribution in [0.2, 0.25) is 0 Å². The minimum absolute atomic E-state index is 0.285. The van der Waals surface area contributed by atoms with E-state index in [-0.39, 0.29) is 11.1 Å². The molecule has 4 nitrogen and oxygen atoms in total. The molecule has 0 aliphatic heterocycles. The fourth-order valence-electron chi connectivity index (χ4n) is 2.27. The van der Waals surface area contributed by atoms with Crippen LogP contribution in [0, 0.1) is 24.1 Å². The van der Waals surface area contributed by atoms with Crippen LogP contribution in [0.15, 0.2) is 53.7 Å². The normalized spacial score (nSPS) is 11.9. The van der Waals surface area contributed by atoms with Gasteiger partial charge in [-0.05, 0) is 38.1 Å². The quantitative estimate of drug-likeness (QED) is 0.662. The number of nitrogens with zero attached hydrogens (tertiary/aromatic N) is 4. The van der Waals surface area contributed by atoms with Crippen LogP contribution in [-0.2, 0) is 0 Å². The molecule has 3 rings (SSSR count). The molecular weight excluding hydrogens is 323 g/mol. The highest BCUT2D eigenvalue weighted by Gasteiger charge is 2.20. The third kappa shape index (κ3) is 3.17. The maximum absolute atomic E-state index is 14.2. The summed E-state index contributed by atoms with van der Waals surface area (Å²) >= 11 is 1.30. The van der Waals surface area contributed by atoms with Crippen molar-refractivity contribution >= 4 is 11.8 Å². The van der Waals surface area contributed by atoms with Crippen LogP contribution in [-0.4, -0.2) is 20.0 Å². The second-order valence-corrected chi connectivity index (χ2v) is 6.65. The lowest BCUT2D eigenvalue weighted by molar-refractivity contribution is 0.629.